The van der Waals surface area contributed by atoms with Gasteiger partial charge in [0.15, 0.2) is 17.0 Å². The molecule has 3 aromatic rings. The molecule has 8 nitrogen and oxygen atoms in total. The van der Waals surface area contributed by atoms with Crippen LogP contribution in [-0.2, 0) is 17.9 Å². The van der Waals surface area contributed by atoms with Gasteiger partial charge in [-0.25, -0.2) is 14.6 Å². The minimum Gasteiger partial charge on any atom is -0.353 e. The lowest BCUT2D eigenvalue weighted by molar-refractivity contribution is -0.125. The fraction of sp³-hybridized carbons (Fsp3) is 0.389. The van der Waals surface area contributed by atoms with Crippen LogP contribution >= 0.6 is 0 Å². The second kappa shape index (κ2) is 6.70. The Hall–Kier alpha value is -3.03. The van der Waals surface area contributed by atoms with Crippen molar-refractivity contribution in [2.24, 2.45) is 5.92 Å². The van der Waals surface area contributed by atoms with Gasteiger partial charge in [-0.2, -0.15) is 0 Å². The van der Waals surface area contributed by atoms with Crippen LogP contribution in [-0.4, -0.2) is 44.0 Å². The monoisotopic (exact) mass is 351 g/mol. The van der Waals surface area contributed by atoms with Crippen LogP contribution in [0.4, 0.5) is 5.82 Å². The average Bonchev–Trinajstić information content (AvgIpc) is 3.04. The Balaban J connectivity index is 1.37. The van der Waals surface area contributed by atoms with Crippen LogP contribution in [0.1, 0.15) is 18.1 Å². The Morgan fingerprint density at radius 2 is 2.00 bits per heavy atom. The van der Waals surface area contributed by atoms with Gasteiger partial charge in [0.1, 0.15) is 6.33 Å². The number of anilines is 1. The zero-order valence-corrected chi connectivity index (χ0v) is 14.9. The fourth-order valence-electron chi connectivity index (χ4n) is 3.08. The van der Waals surface area contributed by atoms with Gasteiger partial charge >= 0.3 is 0 Å². The highest BCUT2D eigenvalue weighted by Crippen LogP contribution is 2.27. The Labute approximate surface area is 151 Å². The molecule has 1 aromatic carbocycles. The number of benzene rings is 1. The first-order valence-corrected chi connectivity index (χ1v) is 8.78. The van der Waals surface area contributed by atoms with Crippen LogP contribution in [0.25, 0.3) is 11.2 Å². The number of hydrogen-bond acceptors (Lipinski definition) is 6. The highest BCUT2D eigenvalue weighted by Gasteiger charge is 2.35. The first-order valence-electron chi connectivity index (χ1n) is 8.78. The van der Waals surface area contributed by atoms with E-state index in [9.17, 15) is 4.79 Å². The average molecular weight is 351 g/mol. The largest absolute Gasteiger partial charge is 0.353 e. The van der Waals surface area contributed by atoms with E-state index in [-0.39, 0.29) is 11.8 Å². The topological polar surface area (TPSA) is 88.8 Å². The van der Waals surface area contributed by atoms with Gasteiger partial charge < -0.3 is 10.2 Å². The maximum Gasteiger partial charge on any atom is 0.226 e. The SMILES string of the molecule is CCn1nnc2c(N3CC(C(=O)NCc4ccc(C)cc4)C3)ncnc21. The minimum atomic E-state index is -0.0355. The standard InChI is InChI=1S/C18H21N7O/c1-3-25-17-15(22-23-25)16(20-11-21-17)24-9-14(10-24)18(26)19-8-13-6-4-12(2)5-7-13/h4-7,11,14H,3,8-10H2,1-2H3,(H,19,26). The van der Waals surface area contributed by atoms with Crippen LogP contribution < -0.4 is 10.2 Å². The van der Waals surface area contributed by atoms with Gasteiger partial charge in [0.25, 0.3) is 0 Å². The summed E-state index contributed by atoms with van der Waals surface area (Å²) in [6.07, 6.45) is 1.53. The molecule has 0 atom stereocenters. The summed E-state index contributed by atoms with van der Waals surface area (Å²) in [5.41, 5.74) is 3.73. The van der Waals surface area contributed by atoms with Crippen molar-refractivity contribution in [3.63, 3.8) is 0 Å². The number of nitrogens with zero attached hydrogens (tertiary/aromatic N) is 6. The summed E-state index contributed by atoms with van der Waals surface area (Å²) < 4.78 is 1.74. The first kappa shape index (κ1) is 16.4. The molecule has 134 valence electrons. The van der Waals surface area contributed by atoms with E-state index in [1.165, 1.54) is 11.9 Å². The van der Waals surface area contributed by atoms with Crippen molar-refractivity contribution in [3.05, 3.63) is 41.7 Å². The van der Waals surface area contributed by atoms with Crippen molar-refractivity contribution < 1.29 is 4.79 Å². The Morgan fingerprint density at radius 3 is 2.73 bits per heavy atom. The van der Waals surface area contributed by atoms with E-state index >= 15 is 0 Å². The van der Waals surface area contributed by atoms with Gasteiger partial charge in [-0.05, 0) is 19.4 Å². The van der Waals surface area contributed by atoms with E-state index in [1.807, 2.05) is 19.1 Å². The second-order valence-corrected chi connectivity index (χ2v) is 6.58. The van der Waals surface area contributed by atoms with Gasteiger partial charge in [-0.3, -0.25) is 4.79 Å². The predicted octanol–water partition coefficient (Wildman–Crippen LogP) is 1.30. The number of amides is 1. The molecule has 1 amide bonds. The van der Waals surface area contributed by atoms with Crippen LogP contribution in [0.15, 0.2) is 30.6 Å². The van der Waals surface area contributed by atoms with E-state index in [4.69, 9.17) is 0 Å². The van der Waals surface area contributed by atoms with Gasteiger partial charge in [-0.1, -0.05) is 35.0 Å². The van der Waals surface area contributed by atoms with Crippen molar-refractivity contribution in [2.75, 3.05) is 18.0 Å². The maximum atomic E-state index is 12.4. The minimum absolute atomic E-state index is 0.0355. The molecule has 2 aromatic heterocycles. The number of rotatable bonds is 5. The van der Waals surface area contributed by atoms with E-state index in [2.05, 4.69) is 49.6 Å². The van der Waals surface area contributed by atoms with Crippen molar-refractivity contribution in [1.29, 1.82) is 0 Å². The third kappa shape index (κ3) is 2.98. The van der Waals surface area contributed by atoms with Crippen LogP contribution in [0.3, 0.4) is 0 Å². The van der Waals surface area contributed by atoms with E-state index in [0.29, 0.717) is 31.7 Å². The molecule has 0 bridgehead atoms. The number of fused-ring (bicyclic) bond motifs is 1. The molecular formula is C18H21N7O. The van der Waals surface area contributed by atoms with Gasteiger partial charge in [-0.15, -0.1) is 5.10 Å². The highest BCUT2D eigenvalue weighted by atomic mass is 16.2. The molecule has 26 heavy (non-hydrogen) atoms. The number of aromatic nitrogens is 5. The molecule has 1 saturated heterocycles. The summed E-state index contributed by atoms with van der Waals surface area (Å²) in [5, 5.41) is 11.3. The predicted molar refractivity (Wildman–Crippen MR) is 97.5 cm³/mol. The summed E-state index contributed by atoms with van der Waals surface area (Å²) in [4.78, 5) is 23.0. The van der Waals surface area contributed by atoms with Crippen molar-refractivity contribution in [3.8, 4) is 0 Å². The molecule has 1 aliphatic heterocycles. The number of hydrogen-bond donors (Lipinski definition) is 1. The summed E-state index contributed by atoms with van der Waals surface area (Å²) in [5.74, 6) is 0.785. The quantitative estimate of drug-likeness (QED) is 0.745. The Bertz CT molecular complexity index is 928. The fourth-order valence-corrected chi connectivity index (χ4v) is 3.08. The number of carbonyl (C=O) groups is 1. The Morgan fingerprint density at radius 1 is 1.23 bits per heavy atom. The number of nitrogens with one attached hydrogen (secondary N) is 1. The molecular weight excluding hydrogens is 330 g/mol. The van der Waals surface area contributed by atoms with Crippen molar-refractivity contribution in [2.45, 2.75) is 26.9 Å². The molecule has 0 aliphatic carbocycles. The molecule has 8 heteroatoms. The highest BCUT2D eigenvalue weighted by molar-refractivity contribution is 5.86. The molecule has 0 saturated carbocycles. The van der Waals surface area contributed by atoms with Gasteiger partial charge in [0.2, 0.25) is 5.91 Å². The maximum absolute atomic E-state index is 12.4. The number of carbonyl (C=O) groups excluding carboxylic acids is 1. The van der Waals surface area contributed by atoms with E-state index < -0.39 is 0 Å². The molecule has 0 spiro atoms. The summed E-state index contributed by atoms with van der Waals surface area (Å²) in [6.45, 7) is 6.56. The van der Waals surface area contributed by atoms with Gasteiger partial charge in [0.05, 0.1) is 5.92 Å². The smallest absolute Gasteiger partial charge is 0.226 e. The molecule has 3 heterocycles. The third-order valence-electron chi connectivity index (χ3n) is 4.72. The van der Waals surface area contributed by atoms with Crippen molar-refractivity contribution >= 4 is 22.9 Å². The first-order chi connectivity index (χ1) is 12.7. The normalized spacial score (nSPS) is 14.5. The summed E-state index contributed by atoms with van der Waals surface area (Å²) in [7, 11) is 0. The zero-order valence-electron chi connectivity index (χ0n) is 14.9. The summed E-state index contributed by atoms with van der Waals surface area (Å²) >= 11 is 0. The van der Waals surface area contributed by atoms with Crippen molar-refractivity contribution in [1.82, 2.24) is 30.3 Å². The zero-order chi connectivity index (χ0) is 18.1. The van der Waals surface area contributed by atoms with E-state index in [1.54, 1.807) is 4.68 Å². The van der Waals surface area contributed by atoms with Gasteiger partial charge in [0, 0.05) is 26.2 Å². The van der Waals surface area contributed by atoms with Crippen LogP contribution in [0, 0.1) is 12.8 Å². The molecule has 0 unspecified atom stereocenters. The molecule has 0 radical (unpaired) electrons. The lowest BCUT2D eigenvalue weighted by atomic mass is 9.99. The van der Waals surface area contributed by atoms with Crippen LogP contribution in [0.5, 0.6) is 0 Å². The number of aryl methyl sites for hydroxylation is 2. The summed E-state index contributed by atoms with van der Waals surface area (Å²) in [6, 6.07) is 8.18. The molecule has 1 N–H and O–H groups in total. The second-order valence-electron chi connectivity index (χ2n) is 6.58. The van der Waals surface area contributed by atoms with Crippen LogP contribution in [0.2, 0.25) is 0 Å². The van der Waals surface area contributed by atoms with E-state index in [0.717, 1.165) is 17.0 Å². The Kier molecular flexibility index (Phi) is 4.24. The lowest BCUT2D eigenvalue weighted by Gasteiger charge is -2.38. The molecule has 4 rings (SSSR count). The lowest BCUT2D eigenvalue weighted by Crippen LogP contribution is -2.54. The third-order valence-corrected chi connectivity index (χ3v) is 4.72. The molecule has 1 aliphatic rings. The molecule has 1 fully saturated rings.